The molecule has 2 aromatic heterocycles. The van der Waals surface area contributed by atoms with Gasteiger partial charge >= 0.3 is 12.1 Å². The zero-order valence-electron chi connectivity index (χ0n) is 27.5. The van der Waals surface area contributed by atoms with Crippen LogP contribution in [0, 0.1) is 28.6 Å². The van der Waals surface area contributed by atoms with E-state index in [1.54, 1.807) is 11.5 Å². The molecule has 6 rings (SSSR count). The molecule has 49 heavy (non-hydrogen) atoms. The van der Waals surface area contributed by atoms with Crippen molar-refractivity contribution in [2.75, 3.05) is 44.3 Å². The van der Waals surface area contributed by atoms with Gasteiger partial charge in [0.2, 0.25) is 11.8 Å². The minimum absolute atomic E-state index is 0.00762. The van der Waals surface area contributed by atoms with E-state index in [4.69, 9.17) is 20.2 Å². The maximum Gasteiger partial charge on any atom is 0.393 e. The summed E-state index contributed by atoms with van der Waals surface area (Å²) >= 11 is 0. The minimum atomic E-state index is -4.44. The maximum atomic E-state index is 14.2. The number of fused-ring (bicyclic) bond motifs is 1. The average Bonchev–Trinajstić information content (AvgIpc) is 3.45. The summed E-state index contributed by atoms with van der Waals surface area (Å²) < 4.78 is 76.5. The lowest BCUT2D eigenvalue weighted by molar-refractivity contribution is -0.597. The predicted octanol–water partition coefficient (Wildman–Crippen LogP) is 3.30. The third-order valence-electron chi connectivity index (χ3n) is 10.6. The van der Waals surface area contributed by atoms with Crippen LogP contribution in [0.25, 0.3) is 5.65 Å². The summed E-state index contributed by atoms with van der Waals surface area (Å²) in [6, 6.07) is 1.09. The molecular formula is C33H44F5N8O3+. The highest BCUT2D eigenvalue weighted by molar-refractivity contribution is 5.94. The number of allylic oxidation sites excluding steroid dienone is 1. The summed E-state index contributed by atoms with van der Waals surface area (Å²) in [4.78, 5) is 33.2. The number of imidazole rings is 1. The molecule has 4 aliphatic rings. The van der Waals surface area contributed by atoms with Gasteiger partial charge in [-0.2, -0.15) is 18.3 Å². The number of anilines is 1. The topological polar surface area (TPSA) is 141 Å². The molecule has 3 saturated heterocycles. The van der Waals surface area contributed by atoms with Gasteiger partial charge in [-0.1, -0.05) is 0 Å². The molecule has 3 atom stereocenters. The van der Waals surface area contributed by atoms with Crippen LogP contribution in [-0.2, 0) is 20.7 Å². The van der Waals surface area contributed by atoms with Crippen LogP contribution in [0.2, 0.25) is 0 Å². The fourth-order valence-electron chi connectivity index (χ4n) is 7.75. The number of quaternary nitrogens is 1. The van der Waals surface area contributed by atoms with E-state index >= 15 is 0 Å². The van der Waals surface area contributed by atoms with Gasteiger partial charge in [0, 0.05) is 81.8 Å². The van der Waals surface area contributed by atoms with Gasteiger partial charge in [0.15, 0.2) is 11.3 Å². The van der Waals surface area contributed by atoms with E-state index in [1.807, 2.05) is 13.0 Å². The fraction of sp³-hybridized carbons (Fsp3) is 0.667. The Hall–Kier alpha value is -3.66. The number of carbonyl (C=O) groups excluding carboxylic acids is 2. The van der Waals surface area contributed by atoms with Gasteiger partial charge in [0.1, 0.15) is 0 Å². The molecule has 4 fully saturated rings. The summed E-state index contributed by atoms with van der Waals surface area (Å²) in [5.74, 6) is -6.62. The molecule has 0 aromatic carbocycles. The molecule has 2 amide bonds. The number of aromatic nitrogens is 3. The van der Waals surface area contributed by atoms with E-state index < -0.39 is 48.3 Å². The number of alkyl halides is 5. The van der Waals surface area contributed by atoms with Crippen LogP contribution >= 0.6 is 0 Å². The number of amides is 2. The molecule has 2 aromatic rings. The van der Waals surface area contributed by atoms with Crippen molar-refractivity contribution in [2.45, 2.75) is 76.4 Å². The third-order valence-corrected chi connectivity index (χ3v) is 10.6. The number of rotatable bonds is 10. The first-order chi connectivity index (χ1) is 23.3. The smallest absolute Gasteiger partial charge is 0.381 e. The van der Waals surface area contributed by atoms with E-state index in [0.717, 1.165) is 19.1 Å². The summed E-state index contributed by atoms with van der Waals surface area (Å²) in [6.45, 7) is 4.70. The Bertz CT molecular complexity index is 1570. The van der Waals surface area contributed by atoms with Gasteiger partial charge in [-0.3, -0.25) is 9.59 Å². The second-order valence-corrected chi connectivity index (χ2v) is 14.1. The summed E-state index contributed by atoms with van der Waals surface area (Å²) in [6.07, 6.45) is 0.688. The second-order valence-electron chi connectivity index (χ2n) is 14.1. The first-order valence-corrected chi connectivity index (χ1v) is 17.1. The third kappa shape index (κ3) is 7.74. The molecule has 5 N–H and O–H groups in total. The lowest BCUT2D eigenvalue weighted by Gasteiger charge is -2.53. The number of nitrogens with one attached hydrogen (secondary N) is 3. The van der Waals surface area contributed by atoms with Crippen molar-refractivity contribution in [2.24, 2.45) is 23.2 Å². The van der Waals surface area contributed by atoms with Crippen LogP contribution in [0.3, 0.4) is 0 Å². The number of carbonyl (C=O) groups is 2. The number of nitrogens with zero attached hydrogens (tertiary/aromatic N) is 4. The first kappa shape index (κ1) is 35.2. The van der Waals surface area contributed by atoms with E-state index in [2.05, 4.69) is 15.5 Å². The van der Waals surface area contributed by atoms with E-state index in [9.17, 15) is 31.5 Å². The van der Waals surface area contributed by atoms with Crippen LogP contribution in [0.5, 0.6) is 0 Å². The van der Waals surface area contributed by atoms with Crippen molar-refractivity contribution in [3.63, 3.8) is 0 Å². The van der Waals surface area contributed by atoms with Crippen LogP contribution in [-0.4, -0.2) is 84.1 Å². The lowest BCUT2D eigenvalue weighted by Crippen LogP contribution is -2.83. The van der Waals surface area contributed by atoms with Crippen LogP contribution in [0.4, 0.5) is 27.6 Å². The Kier molecular flexibility index (Phi) is 10.00. The number of hydrogen-bond donors (Lipinski definition) is 4. The SMILES string of the molecule is CC[NH2+]/C(=C\C=N)C(=O)NC(c1cn2nc(C[C@H]3C[C@@H](C(F)(F)F)CNC3=O)c(N3CC4(CCOCC4)C3)cc2n1)C1CCC(F)(F)CC1. The monoisotopic (exact) mass is 695 g/mol. The molecule has 1 spiro atoms. The van der Waals surface area contributed by atoms with Gasteiger partial charge in [0.25, 0.3) is 0 Å². The number of nitrogens with two attached hydrogens (primary N) is 1. The van der Waals surface area contributed by atoms with Crippen molar-refractivity contribution in [3.05, 3.63) is 35.4 Å². The normalized spacial score (nSPS) is 25.1. The van der Waals surface area contributed by atoms with E-state index in [-0.39, 0.29) is 55.6 Å². The van der Waals surface area contributed by atoms with Gasteiger partial charge in [-0.25, -0.2) is 18.3 Å². The van der Waals surface area contributed by atoms with Crippen molar-refractivity contribution < 1.29 is 41.6 Å². The molecule has 1 unspecified atom stereocenters. The summed E-state index contributed by atoms with van der Waals surface area (Å²) in [5.41, 5.74) is 2.35. The highest BCUT2D eigenvalue weighted by atomic mass is 19.4. The fourth-order valence-corrected chi connectivity index (χ4v) is 7.75. The second kappa shape index (κ2) is 13.9. The number of halogens is 5. The number of ether oxygens (including phenoxy) is 1. The standard InChI is InChI=1S/C33H43F5N8O3/c1-2-40-23(5-10-39)30(48)43-28(20-3-6-32(34,35)7-4-20)25-17-46-27(42-25)15-26(45-18-31(19-45)8-11-49-12-9-31)24(44-46)14-21-13-22(33(36,37)38)16-41-29(21)47/h5,10,15,17,20-22,28,39-40H,2-4,6-9,11-14,16,18-19H2,1H3,(H,41,47)(H,43,48)/p+1/b23-5-,39-10?/t21-,22-,28?/m1/s1. The molecule has 16 heteroatoms. The van der Waals surface area contributed by atoms with Crippen LogP contribution in [0.1, 0.15) is 69.3 Å². The van der Waals surface area contributed by atoms with Crippen molar-refractivity contribution >= 4 is 29.4 Å². The highest BCUT2D eigenvalue weighted by Crippen LogP contribution is 2.45. The average molecular weight is 696 g/mol. The van der Waals surface area contributed by atoms with Crippen LogP contribution in [0.15, 0.2) is 24.0 Å². The van der Waals surface area contributed by atoms with Gasteiger partial charge < -0.3 is 31.0 Å². The zero-order valence-corrected chi connectivity index (χ0v) is 27.5. The molecule has 1 aliphatic carbocycles. The first-order valence-electron chi connectivity index (χ1n) is 17.1. The molecule has 1 saturated carbocycles. The number of hydrogen-bond acceptors (Lipinski definition) is 7. The van der Waals surface area contributed by atoms with Crippen LogP contribution < -0.4 is 20.9 Å². The van der Waals surface area contributed by atoms with Crippen molar-refractivity contribution in [3.8, 4) is 0 Å². The highest BCUT2D eigenvalue weighted by Gasteiger charge is 2.47. The Morgan fingerprint density at radius 1 is 1.22 bits per heavy atom. The lowest BCUT2D eigenvalue weighted by atomic mass is 9.73. The van der Waals surface area contributed by atoms with Crippen molar-refractivity contribution in [1.82, 2.24) is 25.2 Å². The van der Waals surface area contributed by atoms with Gasteiger partial charge in [-0.15, -0.1) is 0 Å². The van der Waals surface area contributed by atoms with Gasteiger partial charge in [0.05, 0.1) is 41.8 Å². The van der Waals surface area contributed by atoms with Crippen molar-refractivity contribution in [1.29, 1.82) is 5.41 Å². The number of piperidine rings is 1. The molecule has 5 heterocycles. The quantitative estimate of drug-likeness (QED) is 0.171. The minimum Gasteiger partial charge on any atom is -0.381 e. The Balaban J connectivity index is 1.35. The summed E-state index contributed by atoms with van der Waals surface area (Å²) in [7, 11) is 0. The predicted molar refractivity (Wildman–Crippen MR) is 169 cm³/mol. The Labute approximate surface area is 280 Å². The summed E-state index contributed by atoms with van der Waals surface area (Å²) in [5, 5.41) is 19.4. The maximum absolute atomic E-state index is 14.2. The van der Waals surface area contributed by atoms with Gasteiger partial charge in [-0.05, 0) is 44.9 Å². The zero-order chi connectivity index (χ0) is 35.0. The van der Waals surface area contributed by atoms with E-state index in [0.29, 0.717) is 55.6 Å². The number of likely N-dealkylation sites (N-methyl/N-ethyl adjacent to an activating group) is 1. The molecular weight excluding hydrogens is 651 g/mol. The largest absolute Gasteiger partial charge is 0.393 e. The molecule has 0 bridgehead atoms. The Morgan fingerprint density at radius 2 is 1.94 bits per heavy atom. The molecule has 3 aliphatic heterocycles. The molecule has 0 radical (unpaired) electrons. The molecule has 11 nitrogen and oxygen atoms in total. The van der Waals surface area contributed by atoms with E-state index in [1.165, 1.54) is 10.6 Å². The Morgan fingerprint density at radius 3 is 2.59 bits per heavy atom. The molecule has 268 valence electrons.